The van der Waals surface area contributed by atoms with E-state index < -0.39 is 0 Å². The second-order valence-corrected chi connectivity index (χ2v) is 14.7. The van der Waals surface area contributed by atoms with Crippen LogP contribution in [0.1, 0.15) is 25.0 Å². The normalized spacial score (nSPS) is 13.3. The lowest BCUT2D eigenvalue weighted by Crippen LogP contribution is -2.14. The second kappa shape index (κ2) is 10.8. The van der Waals surface area contributed by atoms with Gasteiger partial charge < -0.3 is 4.42 Å². The zero-order valence-electron chi connectivity index (χ0n) is 29.1. The molecule has 1 aliphatic rings. The van der Waals surface area contributed by atoms with E-state index in [4.69, 9.17) is 4.42 Å². The highest BCUT2D eigenvalue weighted by molar-refractivity contribution is 6.27. The molecule has 10 aromatic rings. The van der Waals surface area contributed by atoms with Crippen LogP contribution in [0.25, 0.3) is 98.8 Å². The first-order chi connectivity index (χ1) is 25.6. The molecule has 0 bridgehead atoms. The van der Waals surface area contributed by atoms with Crippen LogP contribution in [0.2, 0.25) is 0 Å². The van der Waals surface area contributed by atoms with Gasteiger partial charge in [0.05, 0.1) is 0 Å². The molecule has 0 amide bonds. The molecule has 0 N–H and O–H groups in total. The van der Waals surface area contributed by atoms with Crippen LogP contribution < -0.4 is 0 Å². The fraction of sp³-hybridized carbons (Fsp3) is 0.0588. The van der Waals surface area contributed by atoms with Gasteiger partial charge in [0.15, 0.2) is 0 Å². The molecule has 0 fully saturated rings. The first-order valence-corrected chi connectivity index (χ1v) is 18.2. The molecule has 244 valence electrons. The lowest BCUT2D eigenvalue weighted by Gasteiger charge is -2.21. The zero-order valence-corrected chi connectivity index (χ0v) is 29.1. The van der Waals surface area contributed by atoms with Crippen molar-refractivity contribution in [3.8, 4) is 44.5 Å². The van der Waals surface area contributed by atoms with Crippen molar-refractivity contribution >= 4 is 54.3 Å². The van der Waals surface area contributed by atoms with Crippen LogP contribution in [-0.4, -0.2) is 0 Å². The Labute approximate surface area is 302 Å². The predicted octanol–water partition coefficient (Wildman–Crippen LogP) is 14.4. The molecule has 1 heterocycles. The van der Waals surface area contributed by atoms with Crippen molar-refractivity contribution in [2.45, 2.75) is 19.3 Å². The molecule has 0 saturated heterocycles. The van der Waals surface area contributed by atoms with E-state index >= 15 is 0 Å². The summed E-state index contributed by atoms with van der Waals surface area (Å²) < 4.78 is 6.97. The van der Waals surface area contributed by atoms with Gasteiger partial charge in [-0.05, 0) is 82.9 Å². The highest BCUT2D eigenvalue weighted by atomic mass is 16.3. The van der Waals surface area contributed by atoms with Crippen LogP contribution >= 0.6 is 0 Å². The molecule has 0 saturated carbocycles. The van der Waals surface area contributed by atoms with E-state index in [0.717, 1.165) is 22.1 Å². The standard InChI is InChI=1S/C51H34O/c1-51(2)43-26-13-12-23-40(43)48-44(51)29-30-45-49(48)42-25-14-24-41(50(42)52-45)47-37-21-10-8-19-35(37)46(36-20-9-11-22-38(36)47)39-28-27-32(31-15-4-3-5-16-31)33-17-6-7-18-34(33)39/h3-30H,1-2H3. The highest BCUT2D eigenvalue weighted by Gasteiger charge is 2.37. The fourth-order valence-corrected chi connectivity index (χ4v) is 9.37. The minimum atomic E-state index is -0.0764. The van der Waals surface area contributed by atoms with Gasteiger partial charge in [0.25, 0.3) is 0 Å². The Bertz CT molecular complexity index is 3030. The quantitative estimate of drug-likeness (QED) is 0.172. The minimum absolute atomic E-state index is 0.0764. The van der Waals surface area contributed by atoms with Crippen LogP contribution in [-0.2, 0) is 5.41 Å². The summed E-state index contributed by atoms with van der Waals surface area (Å²) in [6.07, 6.45) is 0. The van der Waals surface area contributed by atoms with E-state index in [2.05, 4.69) is 184 Å². The van der Waals surface area contributed by atoms with Gasteiger partial charge in [-0.2, -0.15) is 0 Å². The molecule has 0 radical (unpaired) electrons. The summed E-state index contributed by atoms with van der Waals surface area (Å²) in [6, 6.07) is 62.2. The molecule has 0 spiro atoms. The average Bonchev–Trinajstić information content (AvgIpc) is 3.69. The van der Waals surface area contributed by atoms with Crippen molar-refractivity contribution in [3.63, 3.8) is 0 Å². The SMILES string of the molecule is CC1(C)c2ccccc2-c2c1ccc1oc3c(-c4c5ccccc5c(-c5ccc(-c6ccccc6)c6ccccc56)c5ccccc45)cccc3c21. The number of furan rings is 1. The molecule has 0 atom stereocenters. The topological polar surface area (TPSA) is 13.1 Å². The third-order valence-corrected chi connectivity index (χ3v) is 11.7. The first kappa shape index (κ1) is 29.3. The van der Waals surface area contributed by atoms with Gasteiger partial charge >= 0.3 is 0 Å². The molecule has 1 aromatic heterocycles. The molecular formula is C51H34O. The van der Waals surface area contributed by atoms with E-state index in [0.29, 0.717) is 0 Å². The third kappa shape index (κ3) is 3.94. The van der Waals surface area contributed by atoms with E-state index in [-0.39, 0.29) is 5.41 Å². The van der Waals surface area contributed by atoms with Crippen LogP contribution in [0.5, 0.6) is 0 Å². The van der Waals surface area contributed by atoms with E-state index in [1.165, 1.54) is 87.8 Å². The summed E-state index contributed by atoms with van der Waals surface area (Å²) in [4.78, 5) is 0. The molecule has 1 nitrogen and oxygen atoms in total. The third-order valence-electron chi connectivity index (χ3n) is 11.7. The number of para-hydroxylation sites is 1. The molecule has 0 aliphatic heterocycles. The van der Waals surface area contributed by atoms with Crippen LogP contribution in [0.15, 0.2) is 174 Å². The Morgan fingerprint density at radius 3 is 1.56 bits per heavy atom. The number of benzene rings is 9. The van der Waals surface area contributed by atoms with E-state index in [1.54, 1.807) is 0 Å². The number of rotatable bonds is 3. The van der Waals surface area contributed by atoms with Crippen LogP contribution in [0.3, 0.4) is 0 Å². The maximum absolute atomic E-state index is 6.97. The molecule has 9 aromatic carbocycles. The van der Waals surface area contributed by atoms with Crippen LogP contribution in [0, 0.1) is 0 Å². The Kier molecular flexibility index (Phi) is 6.08. The highest BCUT2D eigenvalue weighted by Crippen LogP contribution is 2.54. The molecule has 11 rings (SSSR count). The van der Waals surface area contributed by atoms with E-state index in [1.807, 2.05) is 0 Å². The summed E-state index contributed by atoms with van der Waals surface area (Å²) in [5.74, 6) is 0. The van der Waals surface area contributed by atoms with Gasteiger partial charge in [0.2, 0.25) is 0 Å². The Hall–Kier alpha value is -6.44. The van der Waals surface area contributed by atoms with Gasteiger partial charge in [-0.25, -0.2) is 0 Å². The minimum Gasteiger partial charge on any atom is -0.455 e. The van der Waals surface area contributed by atoms with Crippen molar-refractivity contribution in [2.24, 2.45) is 0 Å². The Balaban J connectivity index is 1.22. The predicted molar refractivity (Wildman–Crippen MR) is 220 cm³/mol. The van der Waals surface area contributed by atoms with Gasteiger partial charge in [-0.15, -0.1) is 0 Å². The summed E-state index contributed by atoms with van der Waals surface area (Å²) in [5.41, 5.74) is 14.5. The lowest BCUT2D eigenvalue weighted by molar-refractivity contribution is 0.657. The maximum atomic E-state index is 6.97. The van der Waals surface area contributed by atoms with Crippen molar-refractivity contribution in [3.05, 3.63) is 181 Å². The van der Waals surface area contributed by atoms with Crippen molar-refractivity contribution in [1.29, 1.82) is 0 Å². The first-order valence-electron chi connectivity index (χ1n) is 18.2. The van der Waals surface area contributed by atoms with Gasteiger partial charge in [-0.3, -0.25) is 0 Å². The molecule has 52 heavy (non-hydrogen) atoms. The largest absolute Gasteiger partial charge is 0.455 e. The molecule has 1 heteroatoms. The number of hydrogen-bond acceptors (Lipinski definition) is 1. The monoisotopic (exact) mass is 662 g/mol. The maximum Gasteiger partial charge on any atom is 0.143 e. The molecule has 1 aliphatic carbocycles. The summed E-state index contributed by atoms with van der Waals surface area (Å²) in [5, 5.41) is 9.79. The molecule has 0 unspecified atom stereocenters. The molecular weight excluding hydrogens is 629 g/mol. The smallest absolute Gasteiger partial charge is 0.143 e. The average molecular weight is 663 g/mol. The van der Waals surface area contributed by atoms with Gasteiger partial charge in [0.1, 0.15) is 11.2 Å². The second-order valence-electron chi connectivity index (χ2n) is 14.7. The summed E-state index contributed by atoms with van der Waals surface area (Å²) >= 11 is 0. The Morgan fingerprint density at radius 2 is 0.865 bits per heavy atom. The van der Waals surface area contributed by atoms with E-state index in [9.17, 15) is 0 Å². The number of fused-ring (bicyclic) bond motifs is 10. The number of hydrogen-bond donors (Lipinski definition) is 0. The van der Waals surface area contributed by atoms with Crippen molar-refractivity contribution < 1.29 is 4.42 Å². The lowest BCUT2D eigenvalue weighted by atomic mass is 9.82. The van der Waals surface area contributed by atoms with Gasteiger partial charge in [0, 0.05) is 27.3 Å². The van der Waals surface area contributed by atoms with Gasteiger partial charge in [-0.1, -0.05) is 178 Å². The van der Waals surface area contributed by atoms with Crippen LogP contribution in [0.4, 0.5) is 0 Å². The Morgan fingerprint density at radius 1 is 0.346 bits per heavy atom. The van der Waals surface area contributed by atoms with Crippen molar-refractivity contribution in [1.82, 2.24) is 0 Å². The summed E-state index contributed by atoms with van der Waals surface area (Å²) in [6.45, 7) is 4.69. The zero-order chi connectivity index (χ0) is 34.6. The van der Waals surface area contributed by atoms with Crippen molar-refractivity contribution in [2.75, 3.05) is 0 Å². The fourth-order valence-electron chi connectivity index (χ4n) is 9.37. The summed E-state index contributed by atoms with van der Waals surface area (Å²) in [7, 11) is 0.